The second kappa shape index (κ2) is 13.8. The molecule has 1 amide bonds. The lowest BCUT2D eigenvalue weighted by Crippen LogP contribution is -2.41. The molecule has 41 heavy (non-hydrogen) atoms. The van der Waals surface area contributed by atoms with Gasteiger partial charge in [-0.05, 0) is 47.7 Å². The molecule has 0 aliphatic heterocycles. The summed E-state index contributed by atoms with van der Waals surface area (Å²) >= 11 is 6.17. The number of benzene rings is 2. The van der Waals surface area contributed by atoms with Crippen molar-refractivity contribution in [3.8, 4) is 5.82 Å². The number of aromatic nitrogens is 3. The van der Waals surface area contributed by atoms with E-state index in [1.54, 1.807) is 12.1 Å². The van der Waals surface area contributed by atoms with Crippen LogP contribution in [0.25, 0.3) is 10.7 Å². The van der Waals surface area contributed by atoms with Crippen LogP contribution in [0.4, 0.5) is 17.5 Å². The van der Waals surface area contributed by atoms with Crippen molar-refractivity contribution < 1.29 is 4.79 Å². The molecule has 8 nitrogen and oxygen atoms in total. The lowest BCUT2D eigenvalue weighted by atomic mass is 9.84. The van der Waals surface area contributed by atoms with Crippen molar-refractivity contribution in [3.05, 3.63) is 107 Å². The molecule has 1 aliphatic rings. The average Bonchev–Trinajstić information content (AvgIpc) is 3.55. The summed E-state index contributed by atoms with van der Waals surface area (Å²) < 4.78 is 1.92. The minimum Gasteiger partial charge on any atom is -0.358 e. The quantitative estimate of drug-likeness (QED) is 0.167. The van der Waals surface area contributed by atoms with E-state index in [0.717, 1.165) is 30.4 Å². The number of carbonyl (C=O) groups excluding carboxylic acids is 1. The van der Waals surface area contributed by atoms with Crippen LogP contribution in [-0.4, -0.2) is 26.5 Å². The van der Waals surface area contributed by atoms with Crippen molar-refractivity contribution in [2.75, 3.05) is 10.6 Å². The van der Waals surface area contributed by atoms with Crippen LogP contribution in [0.3, 0.4) is 0 Å². The predicted molar refractivity (Wildman–Crippen MR) is 163 cm³/mol. The van der Waals surface area contributed by atoms with E-state index in [0.29, 0.717) is 47.3 Å². The van der Waals surface area contributed by atoms with Gasteiger partial charge in [0.1, 0.15) is 17.7 Å². The summed E-state index contributed by atoms with van der Waals surface area (Å²) in [7, 11) is 0. The Hall–Kier alpha value is -4.35. The highest BCUT2D eigenvalue weighted by Crippen LogP contribution is 2.29. The van der Waals surface area contributed by atoms with Crippen LogP contribution >= 0.6 is 11.6 Å². The molecule has 0 radical (unpaired) electrons. The molecule has 1 aliphatic carbocycles. The molecule has 2 aromatic carbocycles. The first-order valence-corrected chi connectivity index (χ1v) is 14.4. The summed E-state index contributed by atoms with van der Waals surface area (Å²) in [6, 6.07) is 20.3. The van der Waals surface area contributed by atoms with E-state index in [1.807, 2.05) is 71.6 Å². The molecule has 3 N–H and O–H groups in total. The zero-order valence-electron chi connectivity index (χ0n) is 22.9. The maximum Gasteiger partial charge on any atom is 0.242 e. The predicted octanol–water partition coefficient (Wildman–Crippen LogP) is 7.15. The molecule has 9 heteroatoms. The van der Waals surface area contributed by atoms with Crippen molar-refractivity contribution >= 4 is 35.0 Å². The fourth-order valence-corrected chi connectivity index (χ4v) is 5.41. The van der Waals surface area contributed by atoms with Crippen LogP contribution in [0.5, 0.6) is 0 Å². The highest BCUT2D eigenvalue weighted by atomic mass is 35.5. The Morgan fingerprint density at radius 1 is 0.976 bits per heavy atom. The van der Waals surface area contributed by atoms with E-state index >= 15 is 0 Å². The van der Waals surface area contributed by atoms with Gasteiger partial charge >= 0.3 is 0 Å². The maximum absolute atomic E-state index is 13.6. The Kier molecular flexibility index (Phi) is 9.50. The number of hydrogen-bond donors (Lipinski definition) is 3. The minimum atomic E-state index is -0.450. The first-order chi connectivity index (χ1) is 20.1. The van der Waals surface area contributed by atoms with Gasteiger partial charge in [-0.2, -0.15) is 9.97 Å². The highest BCUT2D eigenvalue weighted by Gasteiger charge is 2.25. The van der Waals surface area contributed by atoms with Gasteiger partial charge < -0.3 is 20.5 Å². The molecular formula is C32H34ClN7O. The molecule has 2 aromatic heterocycles. The van der Waals surface area contributed by atoms with Crippen molar-refractivity contribution in [2.24, 2.45) is 5.92 Å². The van der Waals surface area contributed by atoms with E-state index in [2.05, 4.69) is 20.8 Å². The van der Waals surface area contributed by atoms with Crippen LogP contribution in [0, 0.1) is 12.5 Å². The lowest BCUT2D eigenvalue weighted by Gasteiger charge is -2.27. The van der Waals surface area contributed by atoms with E-state index in [-0.39, 0.29) is 5.91 Å². The Morgan fingerprint density at radius 3 is 2.49 bits per heavy atom. The SMILES string of the molecule is [C-]#[N+]c1ccc(CNC(=O)[C@@H](CC2CCCCC2)Nc2cc(-n3cccc3)nc(NCc3cccc(Cl)c3)n2)cc1. The topological polar surface area (TPSA) is 88.2 Å². The Bertz CT molecular complexity index is 1470. The Labute approximate surface area is 246 Å². The van der Waals surface area contributed by atoms with E-state index in [1.165, 1.54) is 19.3 Å². The second-order valence-electron chi connectivity index (χ2n) is 10.4. The van der Waals surface area contributed by atoms with Crippen molar-refractivity contribution in [1.29, 1.82) is 0 Å². The molecule has 210 valence electrons. The summed E-state index contributed by atoms with van der Waals surface area (Å²) in [4.78, 5) is 26.5. The number of amides is 1. The molecule has 0 spiro atoms. The van der Waals surface area contributed by atoms with Gasteiger partial charge in [-0.15, -0.1) is 0 Å². The first-order valence-electron chi connectivity index (χ1n) is 14.1. The number of nitrogens with one attached hydrogen (secondary N) is 3. The maximum atomic E-state index is 13.6. The highest BCUT2D eigenvalue weighted by molar-refractivity contribution is 6.30. The molecular weight excluding hydrogens is 534 g/mol. The van der Waals surface area contributed by atoms with E-state index in [9.17, 15) is 4.79 Å². The number of carbonyl (C=O) groups is 1. The van der Waals surface area contributed by atoms with Gasteiger partial charge in [-0.3, -0.25) is 4.79 Å². The van der Waals surface area contributed by atoms with Crippen LogP contribution in [-0.2, 0) is 17.9 Å². The molecule has 1 saturated carbocycles. The zero-order chi connectivity index (χ0) is 28.4. The molecule has 1 fully saturated rings. The summed E-state index contributed by atoms with van der Waals surface area (Å²) in [6.45, 7) is 8.05. The molecule has 0 unspecified atom stereocenters. The minimum absolute atomic E-state index is 0.0700. The Morgan fingerprint density at radius 2 is 1.76 bits per heavy atom. The third-order valence-electron chi connectivity index (χ3n) is 7.39. The molecule has 1 atom stereocenters. The van der Waals surface area contributed by atoms with Crippen molar-refractivity contribution in [2.45, 2.75) is 57.7 Å². The van der Waals surface area contributed by atoms with Gasteiger partial charge in [0.05, 0.1) is 6.57 Å². The average molecular weight is 568 g/mol. The van der Waals surface area contributed by atoms with Gasteiger partial charge in [0.15, 0.2) is 5.69 Å². The van der Waals surface area contributed by atoms with Crippen LogP contribution < -0.4 is 16.0 Å². The lowest BCUT2D eigenvalue weighted by molar-refractivity contribution is -0.122. The summed E-state index contributed by atoms with van der Waals surface area (Å²) in [5.41, 5.74) is 2.55. The zero-order valence-corrected chi connectivity index (χ0v) is 23.6. The van der Waals surface area contributed by atoms with Gasteiger partial charge in [-0.25, -0.2) is 4.85 Å². The number of rotatable bonds is 11. The van der Waals surface area contributed by atoms with Gasteiger partial charge in [0, 0.05) is 36.6 Å². The van der Waals surface area contributed by atoms with Crippen LogP contribution in [0.1, 0.15) is 49.7 Å². The van der Waals surface area contributed by atoms with Crippen LogP contribution in [0.15, 0.2) is 79.1 Å². The second-order valence-corrected chi connectivity index (χ2v) is 10.9. The molecule has 0 saturated heterocycles. The fourth-order valence-electron chi connectivity index (χ4n) is 5.20. The van der Waals surface area contributed by atoms with Gasteiger partial charge in [-0.1, -0.05) is 80.1 Å². The van der Waals surface area contributed by atoms with Crippen molar-refractivity contribution in [1.82, 2.24) is 19.9 Å². The fraction of sp³-hybridized carbons (Fsp3) is 0.312. The molecule has 4 aromatic rings. The summed E-state index contributed by atoms with van der Waals surface area (Å²) in [5.74, 6) is 2.14. The van der Waals surface area contributed by atoms with Crippen molar-refractivity contribution in [3.63, 3.8) is 0 Å². The third kappa shape index (κ3) is 8.09. The smallest absolute Gasteiger partial charge is 0.242 e. The number of hydrogen-bond acceptors (Lipinski definition) is 5. The largest absolute Gasteiger partial charge is 0.358 e. The Balaban J connectivity index is 1.36. The summed E-state index contributed by atoms with van der Waals surface area (Å²) in [6.07, 6.45) is 10.5. The normalized spacial score (nSPS) is 14.1. The summed E-state index contributed by atoms with van der Waals surface area (Å²) in [5, 5.41) is 10.5. The van der Waals surface area contributed by atoms with Crippen LogP contribution in [0.2, 0.25) is 5.02 Å². The first kappa shape index (κ1) is 28.2. The van der Waals surface area contributed by atoms with Gasteiger partial charge in [0.25, 0.3) is 0 Å². The molecule has 5 rings (SSSR count). The number of anilines is 2. The van der Waals surface area contributed by atoms with E-state index in [4.69, 9.17) is 28.1 Å². The monoisotopic (exact) mass is 567 g/mol. The number of nitrogens with zero attached hydrogens (tertiary/aromatic N) is 4. The third-order valence-corrected chi connectivity index (χ3v) is 7.62. The van der Waals surface area contributed by atoms with E-state index < -0.39 is 6.04 Å². The van der Waals surface area contributed by atoms with Gasteiger partial charge in [0.2, 0.25) is 11.9 Å². The molecule has 2 heterocycles. The number of halogens is 1. The molecule has 0 bridgehead atoms. The standard InChI is InChI=1S/C32H34ClN7O/c1-34-27-14-12-24(13-15-27)21-35-31(41)28(19-23-8-3-2-4-9-23)37-29-20-30(40-16-5-6-17-40)39-32(38-29)36-22-25-10-7-11-26(33)18-25/h5-7,10-18,20,23,28H,2-4,8-9,19,21-22H2,(H,35,41)(H2,36,37,38,39)/t28-/m1/s1.